The molecule has 0 aliphatic carbocycles. The Morgan fingerprint density at radius 2 is 2.06 bits per heavy atom. The van der Waals surface area contributed by atoms with Crippen LogP contribution in [-0.4, -0.2) is 38.2 Å². The van der Waals surface area contributed by atoms with Crippen molar-refractivity contribution in [3.8, 4) is 5.75 Å². The number of likely N-dealkylation sites (N-methyl/N-ethyl adjacent to an activating group) is 1. The number of halogens is 2. The monoisotopic (exact) mass is 230 g/mol. The second-order valence-corrected chi connectivity index (χ2v) is 3.91. The van der Waals surface area contributed by atoms with E-state index in [1.807, 2.05) is 19.0 Å². The Balaban J connectivity index is 2.48. The van der Waals surface area contributed by atoms with Gasteiger partial charge in [-0.15, -0.1) is 0 Å². The summed E-state index contributed by atoms with van der Waals surface area (Å²) in [7, 11) is 3.77. The van der Waals surface area contributed by atoms with E-state index >= 15 is 0 Å². The molecule has 0 aliphatic rings. The zero-order valence-corrected chi connectivity index (χ0v) is 9.41. The molecule has 1 atom stereocenters. The zero-order chi connectivity index (χ0) is 12.1. The Bertz CT molecular complexity index is 345. The number of nitrogens with zero attached hydrogens (tertiary/aromatic N) is 1. The molecule has 0 spiro atoms. The lowest BCUT2D eigenvalue weighted by Crippen LogP contribution is -2.38. The van der Waals surface area contributed by atoms with E-state index in [9.17, 15) is 8.78 Å². The van der Waals surface area contributed by atoms with Crippen molar-refractivity contribution in [1.82, 2.24) is 4.90 Å². The fourth-order valence-electron chi connectivity index (χ4n) is 1.31. The molecular weight excluding hydrogens is 214 g/mol. The fourth-order valence-corrected chi connectivity index (χ4v) is 1.31. The Kier molecular flexibility index (Phi) is 4.64. The molecule has 0 amide bonds. The molecule has 0 saturated carbocycles. The predicted molar refractivity (Wildman–Crippen MR) is 58.4 cm³/mol. The number of benzene rings is 1. The van der Waals surface area contributed by atoms with Gasteiger partial charge in [-0.1, -0.05) is 0 Å². The second kappa shape index (κ2) is 5.77. The van der Waals surface area contributed by atoms with E-state index < -0.39 is 11.6 Å². The van der Waals surface area contributed by atoms with Crippen LogP contribution in [0.5, 0.6) is 5.75 Å². The minimum Gasteiger partial charge on any atom is -0.489 e. The SMILES string of the molecule is CN(C)CC(N)COc1ccc(F)cc1F. The summed E-state index contributed by atoms with van der Waals surface area (Å²) in [6, 6.07) is 2.98. The van der Waals surface area contributed by atoms with Crippen molar-refractivity contribution < 1.29 is 13.5 Å². The lowest BCUT2D eigenvalue weighted by Gasteiger charge is -2.17. The summed E-state index contributed by atoms with van der Waals surface area (Å²) < 4.78 is 30.9. The van der Waals surface area contributed by atoms with Crippen molar-refractivity contribution >= 4 is 0 Å². The van der Waals surface area contributed by atoms with Crippen LogP contribution in [0, 0.1) is 11.6 Å². The molecule has 3 nitrogen and oxygen atoms in total. The number of hydrogen-bond donors (Lipinski definition) is 1. The third-order valence-electron chi connectivity index (χ3n) is 1.95. The quantitative estimate of drug-likeness (QED) is 0.827. The number of rotatable bonds is 5. The lowest BCUT2D eigenvalue weighted by molar-refractivity contribution is 0.245. The summed E-state index contributed by atoms with van der Waals surface area (Å²) in [4.78, 5) is 1.91. The molecule has 1 aromatic carbocycles. The average Bonchev–Trinajstić information content (AvgIpc) is 2.15. The first-order chi connectivity index (χ1) is 7.49. The van der Waals surface area contributed by atoms with Crippen LogP contribution in [0.2, 0.25) is 0 Å². The van der Waals surface area contributed by atoms with Gasteiger partial charge in [0.1, 0.15) is 12.4 Å². The van der Waals surface area contributed by atoms with E-state index in [-0.39, 0.29) is 18.4 Å². The maximum atomic E-state index is 13.1. The predicted octanol–water partition coefficient (Wildman–Crippen LogP) is 1.23. The molecule has 0 heterocycles. The molecule has 5 heteroatoms. The molecule has 90 valence electrons. The highest BCUT2D eigenvalue weighted by molar-refractivity contribution is 5.24. The smallest absolute Gasteiger partial charge is 0.167 e. The zero-order valence-electron chi connectivity index (χ0n) is 9.41. The van der Waals surface area contributed by atoms with Crippen LogP contribution in [0.1, 0.15) is 0 Å². The minimum atomic E-state index is -0.711. The largest absolute Gasteiger partial charge is 0.489 e. The van der Waals surface area contributed by atoms with Gasteiger partial charge in [-0.05, 0) is 26.2 Å². The highest BCUT2D eigenvalue weighted by Crippen LogP contribution is 2.17. The summed E-state index contributed by atoms with van der Waals surface area (Å²) in [5.41, 5.74) is 5.74. The van der Waals surface area contributed by atoms with Crippen molar-refractivity contribution in [3.05, 3.63) is 29.8 Å². The van der Waals surface area contributed by atoms with Crippen LogP contribution < -0.4 is 10.5 Å². The van der Waals surface area contributed by atoms with E-state index in [0.29, 0.717) is 6.54 Å². The molecule has 0 aromatic heterocycles. The normalized spacial score (nSPS) is 12.9. The van der Waals surface area contributed by atoms with Crippen molar-refractivity contribution in [3.63, 3.8) is 0 Å². The van der Waals surface area contributed by atoms with Gasteiger partial charge in [0.15, 0.2) is 11.6 Å². The van der Waals surface area contributed by atoms with Crippen molar-refractivity contribution in [2.45, 2.75) is 6.04 Å². The molecule has 0 aliphatic heterocycles. The number of hydrogen-bond acceptors (Lipinski definition) is 3. The van der Waals surface area contributed by atoms with Crippen molar-refractivity contribution in [1.29, 1.82) is 0 Å². The highest BCUT2D eigenvalue weighted by atomic mass is 19.1. The first-order valence-corrected chi connectivity index (χ1v) is 4.97. The molecule has 1 rings (SSSR count). The van der Waals surface area contributed by atoms with E-state index in [2.05, 4.69) is 0 Å². The summed E-state index contributed by atoms with van der Waals surface area (Å²) in [6.07, 6.45) is 0. The van der Waals surface area contributed by atoms with Crippen LogP contribution in [0.3, 0.4) is 0 Å². The van der Waals surface area contributed by atoms with Crippen LogP contribution >= 0.6 is 0 Å². The molecule has 0 radical (unpaired) electrons. The van der Waals surface area contributed by atoms with Gasteiger partial charge in [-0.25, -0.2) is 8.78 Å². The fraction of sp³-hybridized carbons (Fsp3) is 0.455. The molecule has 1 aromatic rings. The van der Waals surface area contributed by atoms with E-state index in [1.165, 1.54) is 6.07 Å². The Hall–Kier alpha value is -1.20. The van der Waals surface area contributed by atoms with Crippen LogP contribution in [0.15, 0.2) is 18.2 Å². The molecule has 2 N–H and O–H groups in total. The number of nitrogens with two attached hydrogens (primary N) is 1. The van der Waals surface area contributed by atoms with E-state index in [1.54, 1.807) is 0 Å². The topological polar surface area (TPSA) is 38.5 Å². The van der Waals surface area contributed by atoms with Gasteiger partial charge in [0, 0.05) is 12.6 Å². The first-order valence-electron chi connectivity index (χ1n) is 4.97. The molecular formula is C11H16F2N2O. The average molecular weight is 230 g/mol. The molecule has 0 bridgehead atoms. The summed E-state index contributed by atoms with van der Waals surface area (Å²) in [6.45, 7) is 0.837. The maximum absolute atomic E-state index is 13.1. The van der Waals surface area contributed by atoms with E-state index in [0.717, 1.165) is 12.1 Å². The molecule has 0 saturated heterocycles. The minimum absolute atomic E-state index is 0.0237. The van der Waals surface area contributed by atoms with E-state index in [4.69, 9.17) is 10.5 Å². The van der Waals surface area contributed by atoms with Crippen LogP contribution in [0.4, 0.5) is 8.78 Å². The lowest BCUT2D eigenvalue weighted by atomic mass is 10.3. The van der Waals surface area contributed by atoms with Gasteiger partial charge < -0.3 is 15.4 Å². The van der Waals surface area contributed by atoms with Crippen LogP contribution in [0.25, 0.3) is 0 Å². The highest BCUT2D eigenvalue weighted by Gasteiger charge is 2.08. The number of ether oxygens (including phenoxy) is 1. The Morgan fingerprint density at radius 1 is 1.38 bits per heavy atom. The summed E-state index contributed by atoms with van der Waals surface area (Å²) in [5, 5.41) is 0. The van der Waals surface area contributed by atoms with Gasteiger partial charge >= 0.3 is 0 Å². The van der Waals surface area contributed by atoms with Gasteiger partial charge in [0.25, 0.3) is 0 Å². The standard InChI is InChI=1S/C11H16F2N2O/c1-15(2)6-9(14)7-16-11-4-3-8(12)5-10(11)13/h3-5,9H,6-7,14H2,1-2H3. The Labute approximate surface area is 93.8 Å². The third-order valence-corrected chi connectivity index (χ3v) is 1.95. The molecule has 0 fully saturated rings. The van der Waals surface area contributed by atoms with Gasteiger partial charge in [-0.3, -0.25) is 0 Å². The first kappa shape index (κ1) is 12.9. The molecule has 16 heavy (non-hydrogen) atoms. The van der Waals surface area contributed by atoms with Crippen molar-refractivity contribution in [2.24, 2.45) is 5.73 Å². The van der Waals surface area contributed by atoms with Gasteiger partial charge in [0.2, 0.25) is 0 Å². The molecule has 1 unspecified atom stereocenters. The maximum Gasteiger partial charge on any atom is 0.167 e. The Morgan fingerprint density at radius 3 is 2.62 bits per heavy atom. The summed E-state index contributed by atoms with van der Waals surface area (Å²) >= 11 is 0. The van der Waals surface area contributed by atoms with Crippen LogP contribution in [-0.2, 0) is 0 Å². The van der Waals surface area contributed by atoms with Crippen molar-refractivity contribution in [2.75, 3.05) is 27.2 Å². The summed E-state index contributed by atoms with van der Waals surface area (Å²) in [5.74, 6) is -1.31. The van der Waals surface area contributed by atoms with Gasteiger partial charge in [0.05, 0.1) is 6.04 Å². The van der Waals surface area contributed by atoms with Gasteiger partial charge in [-0.2, -0.15) is 0 Å². The third kappa shape index (κ3) is 4.12. The second-order valence-electron chi connectivity index (χ2n) is 3.91.